The summed E-state index contributed by atoms with van der Waals surface area (Å²) in [5, 5.41) is 11.0. The molecule has 6 heteroatoms. The molecule has 2 atom stereocenters. The maximum atomic E-state index is 13.1. The molecule has 1 aromatic rings. The fourth-order valence-corrected chi connectivity index (χ4v) is 3.66. The number of amides is 1. The second-order valence-corrected chi connectivity index (χ2v) is 6.76. The Morgan fingerprint density at radius 3 is 2.82 bits per heavy atom. The minimum atomic E-state index is -0.526. The van der Waals surface area contributed by atoms with Crippen LogP contribution in [0.5, 0.6) is 0 Å². The van der Waals surface area contributed by atoms with Crippen LogP contribution < -0.4 is 10.6 Å². The Hall–Kier alpha value is -1.40. The monoisotopic (exact) mass is 305 g/mol. The molecule has 2 N–H and O–H groups in total. The van der Waals surface area contributed by atoms with Gasteiger partial charge in [-0.3, -0.25) is 9.48 Å². The summed E-state index contributed by atoms with van der Waals surface area (Å²) >= 11 is 0. The Balaban J connectivity index is 1.73. The number of carbonyl (C=O) groups is 1. The molecule has 0 aromatic carbocycles. The van der Waals surface area contributed by atoms with Crippen LogP contribution >= 0.6 is 0 Å². The van der Waals surface area contributed by atoms with Gasteiger partial charge in [0.1, 0.15) is 5.54 Å². The maximum Gasteiger partial charge on any atom is 0.248 e. The number of aromatic nitrogens is 2. The average molecular weight is 305 g/mol. The summed E-state index contributed by atoms with van der Waals surface area (Å²) in [6, 6.07) is 2.70. The summed E-state index contributed by atoms with van der Waals surface area (Å²) in [6.45, 7) is 4.99. The van der Waals surface area contributed by atoms with Crippen molar-refractivity contribution in [3.8, 4) is 0 Å². The van der Waals surface area contributed by atoms with E-state index in [0.717, 1.165) is 45.3 Å². The first kappa shape index (κ1) is 15.5. The SMILES string of the molecule is CC1CC(NC(=O)C2(n3cccn3)CCNCC2)CCN1C. The van der Waals surface area contributed by atoms with Crippen molar-refractivity contribution in [1.29, 1.82) is 0 Å². The minimum absolute atomic E-state index is 0.138. The van der Waals surface area contributed by atoms with E-state index < -0.39 is 5.54 Å². The molecule has 1 aromatic heterocycles. The number of hydrogen-bond donors (Lipinski definition) is 2. The van der Waals surface area contributed by atoms with Crippen molar-refractivity contribution in [3.63, 3.8) is 0 Å². The summed E-state index contributed by atoms with van der Waals surface area (Å²) in [5.41, 5.74) is -0.526. The summed E-state index contributed by atoms with van der Waals surface area (Å²) in [7, 11) is 2.15. The summed E-state index contributed by atoms with van der Waals surface area (Å²) in [5.74, 6) is 0.138. The average Bonchev–Trinajstić information content (AvgIpc) is 3.06. The van der Waals surface area contributed by atoms with Gasteiger partial charge >= 0.3 is 0 Å². The lowest BCUT2D eigenvalue weighted by molar-refractivity contribution is -0.133. The molecule has 2 fully saturated rings. The van der Waals surface area contributed by atoms with Crippen molar-refractivity contribution in [3.05, 3.63) is 18.5 Å². The highest BCUT2D eigenvalue weighted by Crippen LogP contribution is 2.28. The molecule has 2 unspecified atom stereocenters. The lowest BCUT2D eigenvalue weighted by Crippen LogP contribution is -2.58. The second-order valence-electron chi connectivity index (χ2n) is 6.76. The first-order valence-electron chi connectivity index (χ1n) is 8.34. The predicted molar refractivity (Wildman–Crippen MR) is 85.6 cm³/mol. The largest absolute Gasteiger partial charge is 0.351 e. The number of rotatable bonds is 3. The lowest BCUT2D eigenvalue weighted by Gasteiger charge is -2.40. The Kier molecular flexibility index (Phi) is 4.49. The Bertz CT molecular complexity index is 495. The highest BCUT2D eigenvalue weighted by atomic mass is 16.2. The normalized spacial score (nSPS) is 29.2. The standard InChI is InChI=1S/C16H27N5O/c1-13-12-14(4-11-20(13)2)19-15(22)16(5-8-17-9-6-16)21-10-3-7-18-21/h3,7,10,13-14,17H,4-6,8-9,11-12H2,1-2H3,(H,19,22). The van der Waals surface area contributed by atoms with Crippen LogP contribution in [0.1, 0.15) is 32.6 Å². The van der Waals surface area contributed by atoms with Crippen LogP contribution in [-0.2, 0) is 10.3 Å². The van der Waals surface area contributed by atoms with Crippen LogP contribution in [-0.4, -0.2) is 59.4 Å². The molecule has 122 valence electrons. The van der Waals surface area contributed by atoms with E-state index in [-0.39, 0.29) is 11.9 Å². The zero-order chi connectivity index (χ0) is 15.6. The topological polar surface area (TPSA) is 62.2 Å². The van der Waals surface area contributed by atoms with Crippen LogP contribution in [0, 0.1) is 0 Å². The Morgan fingerprint density at radius 1 is 1.41 bits per heavy atom. The van der Waals surface area contributed by atoms with Gasteiger partial charge in [0.2, 0.25) is 5.91 Å². The van der Waals surface area contributed by atoms with Crippen molar-refractivity contribution in [1.82, 2.24) is 25.3 Å². The highest BCUT2D eigenvalue weighted by Gasteiger charge is 2.43. The Morgan fingerprint density at radius 2 is 2.18 bits per heavy atom. The molecule has 1 amide bonds. The van der Waals surface area contributed by atoms with E-state index in [1.165, 1.54) is 0 Å². The second kappa shape index (κ2) is 6.38. The van der Waals surface area contributed by atoms with Gasteiger partial charge in [-0.15, -0.1) is 0 Å². The van der Waals surface area contributed by atoms with Gasteiger partial charge in [-0.25, -0.2) is 0 Å². The fourth-order valence-electron chi connectivity index (χ4n) is 3.66. The molecule has 2 aliphatic rings. The van der Waals surface area contributed by atoms with E-state index >= 15 is 0 Å². The van der Waals surface area contributed by atoms with Crippen LogP contribution in [0.2, 0.25) is 0 Å². The molecule has 2 aliphatic heterocycles. The van der Waals surface area contributed by atoms with Crippen molar-refractivity contribution in [2.24, 2.45) is 0 Å². The van der Waals surface area contributed by atoms with Gasteiger partial charge in [-0.05, 0) is 58.8 Å². The van der Waals surface area contributed by atoms with Crippen molar-refractivity contribution in [2.75, 3.05) is 26.7 Å². The molecule has 0 spiro atoms. The molecular formula is C16H27N5O. The molecule has 22 heavy (non-hydrogen) atoms. The minimum Gasteiger partial charge on any atom is -0.351 e. The van der Waals surface area contributed by atoms with Crippen LogP contribution in [0.15, 0.2) is 18.5 Å². The lowest BCUT2D eigenvalue weighted by atomic mass is 9.86. The third-order valence-electron chi connectivity index (χ3n) is 5.34. The smallest absolute Gasteiger partial charge is 0.248 e. The van der Waals surface area contributed by atoms with Gasteiger partial charge in [0.25, 0.3) is 0 Å². The maximum absolute atomic E-state index is 13.1. The molecule has 0 radical (unpaired) electrons. The highest BCUT2D eigenvalue weighted by molar-refractivity contribution is 5.84. The van der Waals surface area contributed by atoms with Crippen molar-refractivity contribution in [2.45, 2.75) is 50.2 Å². The van der Waals surface area contributed by atoms with Gasteiger partial charge in [0, 0.05) is 31.0 Å². The molecule has 0 aliphatic carbocycles. The first-order valence-corrected chi connectivity index (χ1v) is 8.34. The molecule has 2 saturated heterocycles. The van der Waals surface area contributed by atoms with E-state index in [4.69, 9.17) is 0 Å². The molecule has 0 bridgehead atoms. The summed E-state index contributed by atoms with van der Waals surface area (Å²) in [6.07, 6.45) is 7.32. The molecular weight excluding hydrogens is 278 g/mol. The van der Waals surface area contributed by atoms with Gasteiger partial charge in [0.05, 0.1) is 0 Å². The number of nitrogens with zero attached hydrogens (tertiary/aromatic N) is 3. The number of carbonyl (C=O) groups excluding carboxylic acids is 1. The van der Waals surface area contributed by atoms with Crippen LogP contribution in [0.4, 0.5) is 0 Å². The van der Waals surface area contributed by atoms with Crippen molar-refractivity contribution >= 4 is 5.91 Å². The van der Waals surface area contributed by atoms with Gasteiger partial charge in [0.15, 0.2) is 0 Å². The molecule has 0 saturated carbocycles. The zero-order valence-corrected chi connectivity index (χ0v) is 13.6. The van der Waals surface area contributed by atoms with Crippen LogP contribution in [0.3, 0.4) is 0 Å². The van der Waals surface area contributed by atoms with Gasteiger partial charge < -0.3 is 15.5 Å². The van der Waals surface area contributed by atoms with E-state index in [0.29, 0.717) is 6.04 Å². The number of nitrogens with one attached hydrogen (secondary N) is 2. The van der Waals surface area contributed by atoms with Crippen molar-refractivity contribution < 1.29 is 4.79 Å². The third-order valence-corrected chi connectivity index (χ3v) is 5.34. The summed E-state index contributed by atoms with van der Waals surface area (Å²) in [4.78, 5) is 15.4. The van der Waals surface area contributed by atoms with Crippen LogP contribution in [0.25, 0.3) is 0 Å². The third kappa shape index (κ3) is 2.90. The van der Waals surface area contributed by atoms with E-state index in [9.17, 15) is 4.79 Å². The molecule has 3 heterocycles. The fraction of sp³-hybridized carbons (Fsp3) is 0.750. The van der Waals surface area contributed by atoms with Gasteiger partial charge in [-0.2, -0.15) is 5.10 Å². The summed E-state index contributed by atoms with van der Waals surface area (Å²) < 4.78 is 1.86. The van der Waals surface area contributed by atoms with Gasteiger partial charge in [-0.1, -0.05) is 0 Å². The Labute approximate surface area is 132 Å². The number of hydrogen-bond acceptors (Lipinski definition) is 4. The van der Waals surface area contributed by atoms with E-state index in [1.807, 2.05) is 16.9 Å². The molecule has 6 nitrogen and oxygen atoms in total. The number of piperidine rings is 2. The quantitative estimate of drug-likeness (QED) is 0.857. The first-order chi connectivity index (χ1) is 10.6. The number of likely N-dealkylation sites (tertiary alicyclic amines) is 1. The molecule has 3 rings (SSSR count). The predicted octanol–water partition coefficient (Wildman–Crippen LogP) is 0.561. The zero-order valence-electron chi connectivity index (χ0n) is 13.6. The van der Waals surface area contributed by atoms with E-state index in [1.54, 1.807) is 6.20 Å². The van der Waals surface area contributed by atoms with E-state index in [2.05, 4.69) is 34.6 Å².